The number of amides is 2. The second kappa shape index (κ2) is 11.9. The van der Waals surface area contributed by atoms with Gasteiger partial charge < -0.3 is 19.5 Å². The zero-order valence-electron chi connectivity index (χ0n) is 21.8. The molecule has 0 unspecified atom stereocenters. The number of rotatable bonds is 4. The molecule has 0 bridgehead atoms. The molecule has 0 saturated carbocycles. The molecule has 1 atom stereocenters. The highest BCUT2D eigenvalue weighted by atomic mass is 16.5. The van der Waals surface area contributed by atoms with Crippen molar-refractivity contribution in [3.63, 3.8) is 0 Å². The fourth-order valence-electron chi connectivity index (χ4n) is 5.12. The van der Waals surface area contributed by atoms with Crippen LogP contribution in [0.25, 0.3) is 11.0 Å². The minimum absolute atomic E-state index is 0.0113. The third kappa shape index (κ3) is 5.72. The number of hydrogen-bond donors (Lipinski definition) is 1. The molecule has 0 radical (unpaired) electrons. The molecule has 196 valence electrons. The zero-order valence-corrected chi connectivity index (χ0v) is 21.8. The number of para-hydroxylation sites is 1. The molecule has 1 aliphatic rings. The lowest BCUT2D eigenvalue weighted by Gasteiger charge is -2.32. The lowest BCUT2D eigenvalue weighted by atomic mass is 10.0. The van der Waals surface area contributed by atoms with E-state index < -0.39 is 0 Å². The van der Waals surface area contributed by atoms with Gasteiger partial charge in [0.05, 0.1) is 29.0 Å². The van der Waals surface area contributed by atoms with Gasteiger partial charge in [-0.25, -0.2) is 4.98 Å². The number of benzene rings is 3. The summed E-state index contributed by atoms with van der Waals surface area (Å²) in [6.45, 7) is 4.23. The van der Waals surface area contributed by atoms with Crippen molar-refractivity contribution >= 4 is 22.8 Å². The highest BCUT2D eigenvalue weighted by Crippen LogP contribution is 2.24. The molecular weight excluding hydrogens is 476 g/mol. The fourth-order valence-corrected chi connectivity index (χ4v) is 5.12. The molecule has 2 heterocycles. The number of H-pyrrole nitrogens is 1. The van der Waals surface area contributed by atoms with Crippen LogP contribution in [0.5, 0.6) is 5.75 Å². The van der Waals surface area contributed by atoms with E-state index in [0.29, 0.717) is 42.9 Å². The smallest absolute Gasteiger partial charge is 0.257 e. The van der Waals surface area contributed by atoms with Crippen LogP contribution < -0.4 is 4.74 Å². The summed E-state index contributed by atoms with van der Waals surface area (Å²) in [6, 6.07) is 23.0. The van der Waals surface area contributed by atoms with E-state index in [1.165, 1.54) is 0 Å². The highest BCUT2D eigenvalue weighted by Gasteiger charge is 2.27. The Hall–Kier alpha value is -4.13. The van der Waals surface area contributed by atoms with Gasteiger partial charge in [0.15, 0.2) is 0 Å². The molecule has 2 amide bonds. The molecule has 38 heavy (non-hydrogen) atoms. The van der Waals surface area contributed by atoms with Crippen molar-refractivity contribution in [2.24, 2.45) is 0 Å². The summed E-state index contributed by atoms with van der Waals surface area (Å²) in [4.78, 5) is 38.6. The van der Waals surface area contributed by atoms with E-state index in [0.717, 1.165) is 35.9 Å². The molecule has 7 heteroatoms. The van der Waals surface area contributed by atoms with E-state index in [9.17, 15) is 9.59 Å². The van der Waals surface area contributed by atoms with Gasteiger partial charge in [-0.2, -0.15) is 0 Å². The van der Waals surface area contributed by atoms with Gasteiger partial charge in [0.25, 0.3) is 11.8 Å². The topological polar surface area (TPSA) is 78.5 Å². The molecule has 0 saturated heterocycles. The summed E-state index contributed by atoms with van der Waals surface area (Å²) in [5, 5.41) is 0. The van der Waals surface area contributed by atoms with Crippen LogP contribution in [0.2, 0.25) is 0 Å². The number of aromatic amines is 1. The molecule has 1 aromatic heterocycles. The van der Waals surface area contributed by atoms with Gasteiger partial charge in [-0.15, -0.1) is 0 Å². The van der Waals surface area contributed by atoms with Crippen molar-refractivity contribution < 1.29 is 14.3 Å². The Kier molecular flexibility index (Phi) is 8.02. The summed E-state index contributed by atoms with van der Waals surface area (Å²) in [5.74, 6) is 0.516. The molecule has 4 aromatic rings. The van der Waals surface area contributed by atoms with Gasteiger partial charge >= 0.3 is 0 Å². The second-order valence-electron chi connectivity index (χ2n) is 9.73. The Morgan fingerprint density at radius 3 is 2.63 bits per heavy atom. The molecule has 1 aliphatic heterocycles. The third-order valence-electron chi connectivity index (χ3n) is 7.23. The minimum Gasteiger partial charge on any atom is -0.491 e. The monoisotopic (exact) mass is 510 g/mol. The van der Waals surface area contributed by atoms with Crippen LogP contribution in [0.3, 0.4) is 0 Å². The Balaban J connectivity index is 1.50. The Labute approximate surface area is 223 Å². The van der Waals surface area contributed by atoms with E-state index in [4.69, 9.17) is 4.74 Å². The van der Waals surface area contributed by atoms with Crippen LogP contribution in [-0.4, -0.2) is 63.9 Å². The average molecular weight is 511 g/mol. The molecule has 5 rings (SSSR count). The zero-order chi connectivity index (χ0) is 26.3. The molecule has 0 fully saturated rings. The van der Waals surface area contributed by atoms with Gasteiger partial charge in [-0.3, -0.25) is 9.59 Å². The van der Waals surface area contributed by atoms with Crippen molar-refractivity contribution in [3.05, 3.63) is 95.8 Å². The Bertz CT molecular complexity index is 1380. The quantitative estimate of drug-likeness (QED) is 0.402. The number of carbonyl (C=O) groups is 2. The number of carbonyl (C=O) groups excluding carboxylic acids is 2. The number of imidazole rings is 1. The predicted octanol–water partition coefficient (Wildman–Crippen LogP) is 5.34. The second-order valence-corrected chi connectivity index (χ2v) is 9.73. The van der Waals surface area contributed by atoms with Crippen molar-refractivity contribution in [1.82, 2.24) is 19.8 Å². The Morgan fingerprint density at radius 1 is 1.00 bits per heavy atom. The first-order valence-electron chi connectivity index (χ1n) is 13.4. The summed E-state index contributed by atoms with van der Waals surface area (Å²) >= 11 is 0. The first-order valence-corrected chi connectivity index (χ1v) is 13.4. The summed E-state index contributed by atoms with van der Waals surface area (Å²) < 4.78 is 6.37. The molecule has 3 aromatic carbocycles. The van der Waals surface area contributed by atoms with Crippen molar-refractivity contribution in [3.8, 4) is 5.75 Å². The van der Waals surface area contributed by atoms with Crippen LogP contribution in [0, 0.1) is 0 Å². The third-order valence-corrected chi connectivity index (χ3v) is 7.23. The molecule has 0 aliphatic carbocycles. The molecule has 0 spiro atoms. The van der Waals surface area contributed by atoms with Crippen LogP contribution in [0.4, 0.5) is 0 Å². The van der Waals surface area contributed by atoms with Crippen molar-refractivity contribution in [2.45, 2.75) is 38.6 Å². The first kappa shape index (κ1) is 25.5. The average Bonchev–Trinajstić information content (AvgIpc) is 3.43. The number of nitrogens with one attached hydrogen (secondary N) is 1. The SMILES string of the molecule is CCN1CCCCCN(C(=O)c2ccc3nc[nH]c3c2)[C@@H](Cc2ccccc2)COc2ccccc2C1=O. The van der Waals surface area contributed by atoms with Crippen molar-refractivity contribution in [1.29, 1.82) is 0 Å². The largest absolute Gasteiger partial charge is 0.491 e. The summed E-state index contributed by atoms with van der Waals surface area (Å²) in [5.41, 5.74) is 3.99. The van der Waals surface area contributed by atoms with Crippen LogP contribution in [0.15, 0.2) is 79.1 Å². The van der Waals surface area contributed by atoms with Crippen molar-refractivity contribution in [2.75, 3.05) is 26.2 Å². The van der Waals surface area contributed by atoms with E-state index in [1.54, 1.807) is 6.33 Å². The summed E-state index contributed by atoms with van der Waals surface area (Å²) in [6.07, 6.45) is 4.95. The maximum absolute atomic E-state index is 14.0. The van der Waals surface area contributed by atoms with E-state index >= 15 is 0 Å². The molecule has 7 nitrogen and oxygen atoms in total. The van der Waals surface area contributed by atoms with Gasteiger partial charge in [-0.05, 0) is 68.5 Å². The lowest BCUT2D eigenvalue weighted by Crippen LogP contribution is -2.45. The van der Waals surface area contributed by atoms with Crippen LogP contribution >= 0.6 is 0 Å². The number of fused-ring (bicyclic) bond motifs is 2. The van der Waals surface area contributed by atoms with E-state index in [2.05, 4.69) is 22.1 Å². The molecular formula is C31H34N4O3. The fraction of sp³-hybridized carbons (Fsp3) is 0.323. The molecule has 1 N–H and O–H groups in total. The van der Waals surface area contributed by atoms with E-state index in [-0.39, 0.29) is 24.5 Å². The predicted molar refractivity (Wildman–Crippen MR) is 148 cm³/mol. The number of nitrogens with zero attached hydrogens (tertiary/aromatic N) is 3. The van der Waals surface area contributed by atoms with E-state index in [1.807, 2.05) is 77.4 Å². The maximum atomic E-state index is 14.0. The van der Waals surface area contributed by atoms with Crippen LogP contribution in [-0.2, 0) is 6.42 Å². The standard InChI is InChI=1S/C31H34N4O3/c1-2-34-17-9-4-10-18-35(30(36)24-15-16-27-28(20-24)33-22-32-27)25(19-23-11-5-3-6-12-23)21-38-29-14-8-7-13-26(29)31(34)37/h3,5-8,11-16,20,22,25H,2,4,9-10,17-19,21H2,1H3,(H,32,33)/t25-/m0/s1. The number of ether oxygens (including phenoxy) is 1. The maximum Gasteiger partial charge on any atom is 0.257 e. The number of aromatic nitrogens is 2. The van der Waals surface area contributed by atoms with Gasteiger partial charge in [-0.1, -0.05) is 42.5 Å². The van der Waals surface area contributed by atoms with Gasteiger partial charge in [0.1, 0.15) is 12.4 Å². The van der Waals surface area contributed by atoms with Gasteiger partial charge in [0.2, 0.25) is 0 Å². The Morgan fingerprint density at radius 2 is 1.79 bits per heavy atom. The highest BCUT2D eigenvalue weighted by molar-refractivity contribution is 5.98. The lowest BCUT2D eigenvalue weighted by molar-refractivity contribution is 0.0605. The minimum atomic E-state index is -0.214. The van der Waals surface area contributed by atoms with Gasteiger partial charge in [0, 0.05) is 25.2 Å². The number of hydrogen-bond acceptors (Lipinski definition) is 4. The summed E-state index contributed by atoms with van der Waals surface area (Å²) in [7, 11) is 0. The van der Waals surface area contributed by atoms with Crippen LogP contribution in [0.1, 0.15) is 52.5 Å². The first-order chi connectivity index (χ1) is 18.6. The normalized spacial score (nSPS) is 17.2.